The highest BCUT2D eigenvalue weighted by Crippen LogP contribution is 2.32. The molecule has 1 atom stereocenters. The molecule has 0 spiro atoms. The molecule has 0 aromatic carbocycles. The minimum absolute atomic E-state index is 0.00374. The van der Waals surface area contributed by atoms with Crippen LogP contribution < -0.4 is 15.8 Å². The lowest BCUT2D eigenvalue weighted by Crippen LogP contribution is -2.34. The van der Waals surface area contributed by atoms with Crippen LogP contribution in [0.4, 0.5) is 24.8 Å². The van der Waals surface area contributed by atoms with Crippen LogP contribution in [0.2, 0.25) is 5.02 Å². The molecule has 1 aliphatic heterocycles. The number of nitrogens with one attached hydrogen (secondary N) is 2. The smallest absolute Gasteiger partial charge is 0.422 e. The van der Waals surface area contributed by atoms with Crippen molar-refractivity contribution < 1.29 is 22.3 Å². The molecular formula is C20H22ClF3N8O3. The number of hydrogen-bond donors (Lipinski definition) is 2. The number of aromatic amines is 1. The van der Waals surface area contributed by atoms with Crippen LogP contribution in [0.25, 0.3) is 0 Å². The molecule has 0 saturated carbocycles. The van der Waals surface area contributed by atoms with Crippen LogP contribution in [0.3, 0.4) is 0 Å². The second-order valence-electron chi connectivity index (χ2n) is 8.04. The lowest BCUT2D eigenvalue weighted by Gasteiger charge is -2.30. The van der Waals surface area contributed by atoms with Gasteiger partial charge in [0.2, 0.25) is 17.7 Å². The van der Waals surface area contributed by atoms with Crippen molar-refractivity contribution in [2.75, 3.05) is 29.9 Å². The second-order valence-corrected chi connectivity index (χ2v) is 8.48. The highest BCUT2D eigenvalue weighted by Gasteiger charge is 2.37. The molecule has 0 amide bonds. The lowest BCUT2D eigenvalue weighted by molar-refractivity contribution is -0.138. The molecule has 3 aromatic rings. The van der Waals surface area contributed by atoms with E-state index in [0.717, 1.165) is 32.1 Å². The molecule has 0 aliphatic carbocycles. The van der Waals surface area contributed by atoms with E-state index in [0.29, 0.717) is 16.9 Å². The van der Waals surface area contributed by atoms with Crippen LogP contribution in [0.1, 0.15) is 43.0 Å². The van der Waals surface area contributed by atoms with E-state index in [2.05, 4.69) is 35.5 Å². The van der Waals surface area contributed by atoms with Gasteiger partial charge in [-0.05, 0) is 19.8 Å². The summed E-state index contributed by atoms with van der Waals surface area (Å²) in [6.07, 6.45) is 0.764. The molecule has 1 saturated heterocycles. The third kappa shape index (κ3) is 6.25. The van der Waals surface area contributed by atoms with Gasteiger partial charge in [0.15, 0.2) is 0 Å². The van der Waals surface area contributed by atoms with Crippen molar-refractivity contribution in [3.8, 4) is 0 Å². The van der Waals surface area contributed by atoms with Gasteiger partial charge in [-0.2, -0.15) is 18.3 Å². The number of anilines is 2. The zero-order valence-corrected chi connectivity index (χ0v) is 19.3. The molecule has 0 radical (unpaired) electrons. The molecule has 35 heavy (non-hydrogen) atoms. The Kier molecular flexibility index (Phi) is 7.50. The summed E-state index contributed by atoms with van der Waals surface area (Å²) in [4.78, 5) is 22.1. The van der Waals surface area contributed by atoms with Gasteiger partial charge in [-0.3, -0.25) is 4.79 Å². The van der Waals surface area contributed by atoms with Crippen molar-refractivity contribution in [1.82, 2.24) is 30.4 Å². The molecule has 15 heteroatoms. The van der Waals surface area contributed by atoms with Gasteiger partial charge >= 0.3 is 6.18 Å². The van der Waals surface area contributed by atoms with E-state index in [4.69, 9.17) is 20.8 Å². The van der Waals surface area contributed by atoms with Crippen molar-refractivity contribution in [3.63, 3.8) is 0 Å². The monoisotopic (exact) mass is 514 g/mol. The fourth-order valence-corrected chi connectivity index (χ4v) is 3.80. The standard InChI is InChI=1S/C20H22ClF3N8O3/c1-11(28-14-8-27-30-17(33)16(14)20(22,23)24)9-34-10-15-29-31-18(35-15)12-2-4-32(5-3-12)19-25-6-13(21)7-26-19/h6-8,11-12H,2-5,9-10H2,1H3,(H2,28,30,33). The Morgan fingerprint density at radius 3 is 2.66 bits per heavy atom. The summed E-state index contributed by atoms with van der Waals surface area (Å²) < 4.78 is 50.7. The Labute approximate surface area is 202 Å². The molecule has 1 aliphatic rings. The van der Waals surface area contributed by atoms with Gasteiger partial charge in [0.25, 0.3) is 5.56 Å². The average Bonchev–Trinajstić information content (AvgIpc) is 3.28. The average molecular weight is 515 g/mol. The Morgan fingerprint density at radius 1 is 1.26 bits per heavy atom. The van der Waals surface area contributed by atoms with Crippen LogP contribution in [-0.4, -0.2) is 56.1 Å². The summed E-state index contributed by atoms with van der Waals surface area (Å²) in [5.74, 6) is 1.48. The highest BCUT2D eigenvalue weighted by atomic mass is 35.5. The van der Waals surface area contributed by atoms with E-state index in [9.17, 15) is 18.0 Å². The molecular weight excluding hydrogens is 493 g/mol. The molecule has 1 unspecified atom stereocenters. The first kappa shape index (κ1) is 24.9. The van der Waals surface area contributed by atoms with Crippen LogP contribution in [0, 0.1) is 0 Å². The maximum Gasteiger partial charge on any atom is 0.423 e. The summed E-state index contributed by atoms with van der Waals surface area (Å²) >= 11 is 5.83. The fraction of sp³-hybridized carbons (Fsp3) is 0.500. The summed E-state index contributed by atoms with van der Waals surface area (Å²) in [5, 5.41) is 16.4. The Hall–Kier alpha value is -3.26. The second kappa shape index (κ2) is 10.6. The minimum atomic E-state index is -4.82. The normalized spacial score (nSPS) is 15.9. The van der Waals surface area contributed by atoms with Crippen molar-refractivity contribution in [3.05, 3.63) is 51.3 Å². The quantitative estimate of drug-likeness (QED) is 0.461. The number of piperidine rings is 1. The van der Waals surface area contributed by atoms with Crippen molar-refractivity contribution in [1.29, 1.82) is 0 Å². The van der Waals surface area contributed by atoms with E-state index in [1.54, 1.807) is 24.4 Å². The molecule has 2 N–H and O–H groups in total. The summed E-state index contributed by atoms with van der Waals surface area (Å²) in [6.45, 7) is 3.08. The predicted molar refractivity (Wildman–Crippen MR) is 118 cm³/mol. The number of H-pyrrole nitrogens is 1. The summed E-state index contributed by atoms with van der Waals surface area (Å²) in [5.41, 5.74) is -3.08. The number of aromatic nitrogens is 6. The van der Waals surface area contributed by atoms with Gasteiger partial charge in [-0.1, -0.05) is 11.6 Å². The Morgan fingerprint density at radius 2 is 1.97 bits per heavy atom. The molecule has 3 aromatic heterocycles. The maximum atomic E-state index is 13.2. The van der Waals surface area contributed by atoms with Gasteiger partial charge in [-0.25, -0.2) is 15.1 Å². The first-order valence-corrected chi connectivity index (χ1v) is 11.1. The number of hydrogen-bond acceptors (Lipinski definition) is 10. The number of rotatable bonds is 8. The zero-order valence-electron chi connectivity index (χ0n) is 18.5. The largest absolute Gasteiger partial charge is 0.423 e. The summed E-state index contributed by atoms with van der Waals surface area (Å²) in [6, 6.07) is -0.554. The molecule has 4 heterocycles. The number of alkyl halides is 3. The molecule has 4 rings (SSSR count). The molecule has 1 fully saturated rings. The van der Waals surface area contributed by atoms with Gasteiger partial charge in [0.05, 0.1) is 35.9 Å². The van der Waals surface area contributed by atoms with Gasteiger partial charge in [0, 0.05) is 25.0 Å². The molecule has 11 nitrogen and oxygen atoms in total. The predicted octanol–water partition coefficient (Wildman–Crippen LogP) is 3.02. The van der Waals surface area contributed by atoms with E-state index in [1.165, 1.54) is 0 Å². The highest BCUT2D eigenvalue weighted by molar-refractivity contribution is 6.30. The van der Waals surface area contributed by atoms with Crippen molar-refractivity contribution in [2.24, 2.45) is 0 Å². The number of halogens is 4. The molecule has 0 bridgehead atoms. The SMILES string of the molecule is CC(COCc1nnc(C2CCN(c3ncc(Cl)cn3)CC2)o1)Nc1cn[nH]c(=O)c1C(F)(F)F. The Bertz CT molecular complexity index is 1180. The first-order chi connectivity index (χ1) is 16.7. The van der Waals surface area contributed by atoms with Crippen LogP contribution in [-0.2, 0) is 17.5 Å². The number of ether oxygens (including phenoxy) is 1. The first-order valence-electron chi connectivity index (χ1n) is 10.7. The molecule has 188 valence electrons. The van der Waals surface area contributed by atoms with Crippen LogP contribution in [0.15, 0.2) is 27.8 Å². The lowest BCUT2D eigenvalue weighted by atomic mass is 9.97. The van der Waals surface area contributed by atoms with E-state index in [1.807, 2.05) is 0 Å². The number of nitrogens with zero attached hydrogens (tertiary/aromatic N) is 6. The van der Waals surface area contributed by atoms with E-state index < -0.39 is 29.0 Å². The fourth-order valence-electron chi connectivity index (χ4n) is 3.70. The topological polar surface area (TPSA) is 135 Å². The van der Waals surface area contributed by atoms with E-state index in [-0.39, 0.29) is 25.0 Å². The van der Waals surface area contributed by atoms with Crippen molar-refractivity contribution >= 4 is 23.2 Å². The third-order valence-electron chi connectivity index (χ3n) is 5.35. The van der Waals surface area contributed by atoms with Gasteiger partial charge in [0.1, 0.15) is 12.2 Å². The van der Waals surface area contributed by atoms with Crippen LogP contribution in [0.5, 0.6) is 0 Å². The van der Waals surface area contributed by atoms with Crippen LogP contribution >= 0.6 is 11.6 Å². The van der Waals surface area contributed by atoms with Gasteiger partial charge < -0.3 is 19.4 Å². The minimum Gasteiger partial charge on any atom is -0.422 e. The summed E-state index contributed by atoms with van der Waals surface area (Å²) in [7, 11) is 0. The zero-order chi connectivity index (χ0) is 25.0. The third-order valence-corrected chi connectivity index (χ3v) is 5.55. The maximum absolute atomic E-state index is 13.2. The van der Waals surface area contributed by atoms with Crippen molar-refractivity contribution in [2.45, 2.75) is 44.5 Å². The van der Waals surface area contributed by atoms with E-state index >= 15 is 0 Å². The van der Waals surface area contributed by atoms with Gasteiger partial charge in [-0.15, -0.1) is 10.2 Å². The Balaban J connectivity index is 1.25.